The summed E-state index contributed by atoms with van der Waals surface area (Å²) in [5, 5.41) is 2.87. The van der Waals surface area contributed by atoms with E-state index in [9.17, 15) is 4.79 Å². The van der Waals surface area contributed by atoms with Crippen LogP contribution in [-0.4, -0.2) is 19.6 Å². The third-order valence-corrected chi connectivity index (χ3v) is 3.62. The number of methoxy groups -OCH3 is 1. The van der Waals surface area contributed by atoms with Crippen molar-refractivity contribution < 1.29 is 18.7 Å². The molecule has 2 rings (SSSR count). The van der Waals surface area contributed by atoms with E-state index in [0.29, 0.717) is 23.8 Å². The average Bonchev–Trinajstić information content (AvgIpc) is 3.09. The second-order valence-corrected chi connectivity index (χ2v) is 5.55. The standard InChI is InChI=1S/C19H25NO4/c1-3-4-5-6-12-20-19(21)18-11-10-17(24-18)14-23-16-9-7-8-15(13-16)22-2/h7-11,13H,3-6,12,14H2,1-2H3,(H,20,21). The number of hydrogen-bond donors (Lipinski definition) is 1. The lowest BCUT2D eigenvalue weighted by atomic mass is 10.2. The molecule has 130 valence electrons. The second kappa shape index (κ2) is 9.65. The number of hydrogen-bond acceptors (Lipinski definition) is 4. The van der Waals surface area contributed by atoms with Crippen molar-refractivity contribution in [2.24, 2.45) is 0 Å². The molecule has 0 radical (unpaired) electrons. The lowest BCUT2D eigenvalue weighted by molar-refractivity contribution is 0.0921. The molecule has 5 heteroatoms. The number of ether oxygens (including phenoxy) is 2. The number of nitrogens with one attached hydrogen (secondary N) is 1. The van der Waals surface area contributed by atoms with E-state index < -0.39 is 0 Å². The summed E-state index contributed by atoms with van der Waals surface area (Å²) in [6, 6.07) is 10.8. The van der Waals surface area contributed by atoms with Crippen LogP contribution in [-0.2, 0) is 6.61 Å². The summed E-state index contributed by atoms with van der Waals surface area (Å²) in [7, 11) is 1.61. The first-order valence-corrected chi connectivity index (χ1v) is 8.36. The molecule has 0 aliphatic carbocycles. The second-order valence-electron chi connectivity index (χ2n) is 5.55. The summed E-state index contributed by atoms with van der Waals surface area (Å²) in [5.74, 6) is 2.16. The van der Waals surface area contributed by atoms with Gasteiger partial charge in [0.15, 0.2) is 5.76 Å². The first-order chi connectivity index (χ1) is 11.7. The fourth-order valence-corrected chi connectivity index (χ4v) is 2.26. The Labute approximate surface area is 143 Å². The summed E-state index contributed by atoms with van der Waals surface area (Å²) < 4.78 is 16.3. The quantitative estimate of drug-likeness (QED) is 0.664. The van der Waals surface area contributed by atoms with Gasteiger partial charge in [-0.2, -0.15) is 0 Å². The lowest BCUT2D eigenvalue weighted by Gasteiger charge is -2.06. The Morgan fingerprint density at radius 3 is 2.75 bits per heavy atom. The molecule has 1 heterocycles. The van der Waals surface area contributed by atoms with E-state index in [2.05, 4.69) is 12.2 Å². The molecule has 0 atom stereocenters. The van der Waals surface area contributed by atoms with Gasteiger partial charge in [-0.25, -0.2) is 0 Å². The van der Waals surface area contributed by atoms with E-state index in [0.717, 1.165) is 18.6 Å². The number of benzene rings is 1. The van der Waals surface area contributed by atoms with Crippen LogP contribution in [0.5, 0.6) is 11.5 Å². The van der Waals surface area contributed by atoms with Gasteiger partial charge in [-0.15, -0.1) is 0 Å². The van der Waals surface area contributed by atoms with Crippen molar-refractivity contribution in [3.63, 3.8) is 0 Å². The maximum Gasteiger partial charge on any atom is 0.286 e. The molecule has 1 aromatic carbocycles. The van der Waals surface area contributed by atoms with E-state index in [4.69, 9.17) is 13.9 Å². The summed E-state index contributed by atoms with van der Waals surface area (Å²) in [4.78, 5) is 12.0. The normalized spacial score (nSPS) is 10.4. The van der Waals surface area contributed by atoms with Gasteiger partial charge >= 0.3 is 0 Å². The highest BCUT2D eigenvalue weighted by molar-refractivity contribution is 5.91. The van der Waals surface area contributed by atoms with Crippen molar-refractivity contribution in [2.45, 2.75) is 39.2 Å². The minimum Gasteiger partial charge on any atom is -0.497 e. The maximum absolute atomic E-state index is 12.0. The van der Waals surface area contributed by atoms with Crippen LogP contribution in [0, 0.1) is 0 Å². The third-order valence-electron chi connectivity index (χ3n) is 3.62. The van der Waals surface area contributed by atoms with E-state index in [-0.39, 0.29) is 12.5 Å². The van der Waals surface area contributed by atoms with Crippen molar-refractivity contribution in [3.05, 3.63) is 47.9 Å². The van der Waals surface area contributed by atoms with Gasteiger partial charge in [0, 0.05) is 12.6 Å². The van der Waals surface area contributed by atoms with Crippen LogP contribution in [0.2, 0.25) is 0 Å². The molecule has 0 saturated carbocycles. The number of unbranched alkanes of at least 4 members (excludes halogenated alkanes) is 3. The zero-order valence-electron chi connectivity index (χ0n) is 14.3. The molecule has 2 aromatic rings. The molecular weight excluding hydrogens is 306 g/mol. The van der Waals surface area contributed by atoms with E-state index in [1.54, 1.807) is 25.3 Å². The molecular formula is C19H25NO4. The van der Waals surface area contributed by atoms with Crippen LogP contribution in [0.15, 0.2) is 40.8 Å². The van der Waals surface area contributed by atoms with E-state index in [1.165, 1.54) is 12.8 Å². The minimum atomic E-state index is -0.181. The maximum atomic E-state index is 12.0. The van der Waals surface area contributed by atoms with Crippen molar-refractivity contribution in [1.82, 2.24) is 5.32 Å². The molecule has 0 aliphatic rings. The summed E-state index contributed by atoms with van der Waals surface area (Å²) >= 11 is 0. The van der Waals surface area contributed by atoms with Crippen molar-refractivity contribution in [2.75, 3.05) is 13.7 Å². The van der Waals surface area contributed by atoms with Crippen LogP contribution in [0.4, 0.5) is 0 Å². The largest absolute Gasteiger partial charge is 0.497 e. The van der Waals surface area contributed by atoms with Crippen LogP contribution in [0.1, 0.15) is 48.9 Å². The molecule has 1 amide bonds. The summed E-state index contributed by atoms with van der Waals surface area (Å²) in [6.45, 7) is 3.10. The van der Waals surface area contributed by atoms with Crippen molar-refractivity contribution >= 4 is 5.91 Å². The number of furan rings is 1. The fourth-order valence-electron chi connectivity index (χ4n) is 2.26. The Kier molecular flexibility index (Phi) is 7.21. The highest BCUT2D eigenvalue weighted by atomic mass is 16.5. The average molecular weight is 331 g/mol. The van der Waals surface area contributed by atoms with Gasteiger partial charge in [0.05, 0.1) is 7.11 Å². The highest BCUT2D eigenvalue weighted by Crippen LogP contribution is 2.20. The molecule has 1 aromatic heterocycles. The lowest BCUT2D eigenvalue weighted by Crippen LogP contribution is -2.23. The number of carbonyl (C=O) groups is 1. The van der Waals surface area contributed by atoms with Gasteiger partial charge in [0.25, 0.3) is 5.91 Å². The summed E-state index contributed by atoms with van der Waals surface area (Å²) in [5.41, 5.74) is 0. The molecule has 5 nitrogen and oxygen atoms in total. The Hall–Kier alpha value is -2.43. The first-order valence-electron chi connectivity index (χ1n) is 8.36. The van der Waals surface area contributed by atoms with E-state index >= 15 is 0 Å². The number of carbonyl (C=O) groups excluding carboxylic acids is 1. The zero-order chi connectivity index (χ0) is 17.2. The van der Waals surface area contributed by atoms with Crippen LogP contribution in [0.25, 0.3) is 0 Å². The Balaban J connectivity index is 1.78. The minimum absolute atomic E-state index is 0.181. The van der Waals surface area contributed by atoms with E-state index in [1.807, 2.05) is 18.2 Å². The van der Waals surface area contributed by atoms with Crippen molar-refractivity contribution in [1.29, 1.82) is 0 Å². The fraction of sp³-hybridized carbons (Fsp3) is 0.421. The topological polar surface area (TPSA) is 60.7 Å². The van der Waals surface area contributed by atoms with Gasteiger partial charge in [0.2, 0.25) is 0 Å². The zero-order valence-corrected chi connectivity index (χ0v) is 14.3. The van der Waals surface area contributed by atoms with Crippen molar-refractivity contribution in [3.8, 4) is 11.5 Å². The van der Waals surface area contributed by atoms with Gasteiger partial charge in [0.1, 0.15) is 23.9 Å². The number of amides is 1. The van der Waals surface area contributed by atoms with Gasteiger partial charge in [-0.05, 0) is 30.7 Å². The monoisotopic (exact) mass is 331 g/mol. The molecule has 1 N–H and O–H groups in total. The Morgan fingerprint density at radius 1 is 1.12 bits per heavy atom. The molecule has 0 fully saturated rings. The van der Waals surface area contributed by atoms with Gasteiger partial charge in [-0.1, -0.05) is 32.3 Å². The van der Waals surface area contributed by atoms with Gasteiger partial charge < -0.3 is 19.2 Å². The molecule has 0 saturated heterocycles. The first kappa shape index (κ1) is 17.9. The van der Waals surface area contributed by atoms with Crippen LogP contribution >= 0.6 is 0 Å². The van der Waals surface area contributed by atoms with Crippen LogP contribution in [0.3, 0.4) is 0 Å². The molecule has 0 spiro atoms. The molecule has 0 aliphatic heterocycles. The Morgan fingerprint density at radius 2 is 1.96 bits per heavy atom. The summed E-state index contributed by atoms with van der Waals surface area (Å²) in [6.07, 6.45) is 4.51. The third kappa shape index (κ3) is 5.65. The Bertz CT molecular complexity index is 636. The molecule has 0 bridgehead atoms. The predicted molar refractivity (Wildman–Crippen MR) is 92.5 cm³/mol. The smallest absolute Gasteiger partial charge is 0.286 e. The predicted octanol–water partition coefficient (Wildman–Crippen LogP) is 4.18. The SMILES string of the molecule is CCCCCCNC(=O)c1ccc(COc2cccc(OC)c2)o1. The number of rotatable bonds is 10. The molecule has 24 heavy (non-hydrogen) atoms. The van der Waals surface area contributed by atoms with Gasteiger partial charge in [-0.3, -0.25) is 4.79 Å². The molecule has 0 unspecified atom stereocenters. The highest BCUT2D eigenvalue weighted by Gasteiger charge is 2.11. The van der Waals surface area contributed by atoms with Crippen LogP contribution < -0.4 is 14.8 Å².